The van der Waals surface area contributed by atoms with Crippen LogP contribution in [0.4, 0.5) is 4.79 Å². The van der Waals surface area contributed by atoms with Gasteiger partial charge in [-0.2, -0.15) is 4.31 Å². The zero-order chi connectivity index (χ0) is 24.6. The second-order valence-electron chi connectivity index (χ2n) is 9.61. The van der Waals surface area contributed by atoms with Gasteiger partial charge < -0.3 is 10.2 Å². The van der Waals surface area contributed by atoms with E-state index < -0.39 is 21.6 Å². The van der Waals surface area contributed by atoms with Gasteiger partial charge in [0.25, 0.3) is 5.91 Å². The first kappa shape index (κ1) is 23.7. The quantitative estimate of drug-likeness (QED) is 0.651. The predicted octanol–water partition coefficient (Wildman–Crippen LogP) is 2.32. The molecule has 3 aliphatic rings. The van der Waals surface area contributed by atoms with Crippen molar-refractivity contribution < 1.29 is 22.8 Å². The van der Waals surface area contributed by atoms with E-state index in [0.717, 1.165) is 41.4 Å². The SMILES string of the molecule is O=C(CN1C(=O)NC2(CCCCCC2)C1=O)N1CCN(S(=O)(=O)c2ccc3ccccc3c2)CC1. The number of carbonyl (C=O) groups is 3. The lowest BCUT2D eigenvalue weighted by Gasteiger charge is -2.34. The first-order chi connectivity index (χ1) is 16.8. The Labute approximate surface area is 205 Å². The molecule has 2 saturated heterocycles. The number of piperazine rings is 1. The van der Waals surface area contributed by atoms with Gasteiger partial charge in [-0.05, 0) is 35.7 Å². The molecule has 2 aromatic rings. The van der Waals surface area contributed by atoms with E-state index in [4.69, 9.17) is 0 Å². The number of fused-ring (bicyclic) bond motifs is 1. The summed E-state index contributed by atoms with van der Waals surface area (Å²) in [7, 11) is -3.70. The fourth-order valence-electron chi connectivity index (χ4n) is 5.38. The molecule has 186 valence electrons. The maximum atomic E-state index is 13.2. The number of urea groups is 1. The van der Waals surface area contributed by atoms with Crippen LogP contribution in [-0.2, 0) is 19.6 Å². The highest BCUT2D eigenvalue weighted by atomic mass is 32.2. The monoisotopic (exact) mass is 498 g/mol. The van der Waals surface area contributed by atoms with E-state index in [-0.39, 0.29) is 49.4 Å². The molecule has 3 fully saturated rings. The van der Waals surface area contributed by atoms with Crippen LogP contribution in [0.3, 0.4) is 0 Å². The summed E-state index contributed by atoms with van der Waals surface area (Å²) in [5.41, 5.74) is -0.875. The van der Waals surface area contributed by atoms with Crippen LogP contribution in [0.25, 0.3) is 10.8 Å². The van der Waals surface area contributed by atoms with E-state index in [0.29, 0.717) is 12.8 Å². The summed E-state index contributed by atoms with van der Waals surface area (Å²) in [5, 5.41) is 4.67. The van der Waals surface area contributed by atoms with Gasteiger partial charge in [-0.3, -0.25) is 14.5 Å². The molecule has 4 amide bonds. The average molecular weight is 499 g/mol. The molecule has 35 heavy (non-hydrogen) atoms. The van der Waals surface area contributed by atoms with Gasteiger partial charge in [-0.15, -0.1) is 0 Å². The minimum Gasteiger partial charge on any atom is -0.338 e. The summed E-state index contributed by atoms with van der Waals surface area (Å²) in [6, 6.07) is 12.1. The Balaban J connectivity index is 1.22. The fourth-order valence-corrected chi connectivity index (χ4v) is 6.84. The number of hydrogen-bond donors (Lipinski definition) is 1. The van der Waals surface area contributed by atoms with Crippen LogP contribution in [-0.4, -0.2) is 78.6 Å². The molecule has 0 atom stereocenters. The van der Waals surface area contributed by atoms with Gasteiger partial charge in [0, 0.05) is 26.2 Å². The van der Waals surface area contributed by atoms with Crippen molar-refractivity contribution in [2.24, 2.45) is 0 Å². The van der Waals surface area contributed by atoms with Crippen molar-refractivity contribution in [3.8, 4) is 0 Å². The summed E-state index contributed by atoms with van der Waals surface area (Å²) in [5.74, 6) is -0.655. The van der Waals surface area contributed by atoms with E-state index in [9.17, 15) is 22.8 Å². The molecule has 0 radical (unpaired) electrons. The lowest BCUT2D eigenvalue weighted by molar-refractivity contribution is -0.139. The average Bonchev–Trinajstić information content (AvgIpc) is 3.02. The van der Waals surface area contributed by atoms with Crippen LogP contribution in [0.15, 0.2) is 47.4 Å². The Morgan fingerprint density at radius 2 is 1.54 bits per heavy atom. The first-order valence-electron chi connectivity index (χ1n) is 12.2. The van der Waals surface area contributed by atoms with E-state index in [1.165, 1.54) is 9.21 Å². The molecule has 0 bridgehead atoms. The second-order valence-corrected chi connectivity index (χ2v) is 11.5. The van der Waals surface area contributed by atoms with Gasteiger partial charge in [0.15, 0.2) is 0 Å². The standard InChI is InChI=1S/C25H30N4O5S/c30-22(18-29-23(31)25(26-24(29)32)11-5-1-2-6-12-25)27-13-15-28(16-14-27)35(33,34)21-10-9-19-7-3-4-8-20(19)17-21/h3-4,7-10,17H,1-2,5-6,11-16,18H2,(H,26,32). The fraction of sp³-hybridized carbons (Fsp3) is 0.480. The third-order valence-electron chi connectivity index (χ3n) is 7.45. The van der Waals surface area contributed by atoms with Crippen LogP contribution in [0.1, 0.15) is 38.5 Å². The van der Waals surface area contributed by atoms with Crippen LogP contribution in [0.5, 0.6) is 0 Å². The highest BCUT2D eigenvalue weighted by molar-refractivity contribution is 7.89. The number of nitrogens with zero attached hydrogens (tertiary/aromatic N) is 3. The summed E-state index contributed by atoms with van der Waals surface area (Å²) < 4.78 is 27.8. The molecule has 5 rings (SSSR count). The minimum atomic E-state index is -3.70. The Hall–Kier alpha value is -2.98. The predicted molar refractivity (Wildman–Crippen MR) is 130 cm³/mol. The Morgan fingerprint density at radius 1 is 0.886 bits per heavy atom. The molecule has 1 N–H and O–H groups in total. The van der Waals surface area contributed by atoms with Crippen LogP contribution in [0, 0.1) is 0 Å². The molecule has 1 spiro atoms. The zero-order valence-corrected chi connectivity index (χ0v) is 20.4. The highest BCUT2D eigenvalue weighted by Gasteiger charge is 2.51. The third-order valence-corrected chi connectivity index (χ3v) is 9.34. The molecule has 10 heteroatoms. The van der Waals surface area contributed by atoms with E-state index in [1.54, 1.807) is 18.2 Å². The van der Waals surface area contributed by atoms with Crippen molar-refractivity contribution in [2.75, 3.05) is 32.7 Å². The van der Waals surface area contributed by atoms with Gasteiger partial charge in [0.1, 0.15) is 12.1 Å². The van der Waals surface area contributed by atoms with Gasteiger partial charge >= 0.3 is 6.03 Å². The molecule has 2 aliphatic heterocycles. The smallest absolute Gasteiger partial charge is 0.325 e. The number of rotatable bonds is 4. The normalized spacial score (nSPS) is 21.4. The lowest BCUT2D eigenvalue weighted by atomic mass is 9.90. The van der Waals surface area contributed by atoms with Crippen molar-refractivity contribution in [1.82, 2.24) is 19.4 Å². The van der Waals surface area contributed by atoms with Crippen molar-refractivity contribution in [3.63, 3.8) is 0 Å². The van der Waals surface area contributed by atoms with E-state index in [1.807, 2.05) is 24.3 Å². The molecule has 2 heterocycles. The maximum absolute atomic E-state index is 13.2. The molecular weight excluding hydrogens is 468 g/mol. The molecule has 1 saturated carbocycles. The Bertz CT molecular complexity index is 1260. The topological polar surface area (TPSA) is 107 Å². The number of imide groups is 1. The van der Waals surface area contributed by atoms with Gasteiger partial charge in [-0.25, -0.2) is 13.2 Å². The summed E-state index contributed by atoms with van der Waals surface area (Å²) in [6.45, 7) is 0.417. The minimum absolute atomic E-state index is 0.158. The van der Waals surface area contributed by atoms with Crippen LogP contribution in [0.2, 0.25) is 0 Å². The molecule has 2 aromatic carbocycles. The number of sulfonamides is 1. The van der Waals surface area contributed by atoms with Crippen molar-refractivity contribution in [2.45, 2.75) is 49.0 Å². The largest absolute Gasteiger partial charge is 0.338 e. The third kappa shape index (κ3) is 4.40. The van der Waals surface area contributed by atoms with Gasteiger partial charge in [-0.1, -0.05) is 56.0 Å². The van der Waals surface area contributed by atoms with E-state index in [2.05, 4.69) is 5.32 Å². The molecule has 1 aliphatic carbocycles. The summed E-state index contributed by atoms with van der Waals surface area (Å²) in [4.78, 5) is 41.4. The Kier molecular flexibility index (Phi) is 6.27. The Morgan fingerprint density at radius 3 is 2.23 bits per heavy atom. The first-order valence-corrected chi connectivity index (χ1v) is 13.7. The highest BCUT2D eigenvalue weighted by Crippen LogP contribution is 2.32. The summed E-state index contributed by atoms with van der Waals surface area (Å²) >= 11 is 0. The molecular formula is C25H30N4O5S. The summed E-state index contributed by atoms with van der Waals surface area (Å²) in [6.07, 6.45) is 5.04. The van der Waals surface area contributed by atoms with Crippen LogP contribution >= 0.6 is 0 Å². The molecule has 0 aromatic heterocycles. The molecule has 9 nitrogen and oxygen atoms in total. The number of nitrogens with one attached hydrogen (secondary N) is 1. The number of hydrogen-bond acceptors (Lipinski definition) is 5. The number of benzene rings is 2. The molecule has 0 unspecified atom stereocenters. The number of carbonyl (C=O) groups excluding carboxylic acids is 3. The zero-order valence-electron chi connectivity index (χ0n) is 19.6. The van der Waals surface area contributed by atoms with Crippen molar-refractivity contribution in [1.29, 1.82) is 0 Å². The van der Waals surface area contributed by atoms with Crippen molar-refractivity contribution in [3.05, 3.63) is 42.5 Å². The van der Waals surface area contributed by atoms with Crippen molar-refractivity contribution >= 4 is 38.6 Å². The van der Waals surface area contributed by atoms with Gasteiger partial charge in [0.2, 0.25) is 15.9 Å². The van der Waals surface area contributed by atoms with E-state index >= 15 is 0 Å². The second kappa shape index (κ2) is 9.23. The number of amides is 4. The van der Waals surface area contributed by atoms with Gasteiger partial charge in [0.05, 0.1) is 4.90 Å². The maximum Gasteiger partial charge on any atom is 0.325 e. The van der Waals surface area contributed by atoms with Crippen LogP contribution < -0.4 is 5.32 Å². The lowest BCUT2D eigenvalue weighted by Crippen LogP contribution is -2.53.